The summed E-state index contributed by atoms with van der Waals surface area (Å²) in [5.41, 5.74) is 8.45. The van der Waals surface area contributed by atoms with Gasteiger partial charge in [-0.3, -0.25) is 0 Å². The molecule has 4 rings (SSSR count). The van der Waals surface area contributed by atoms with E-state index in [9.17, 15) is 13.2 Å². The minimum Gasteiger partial charge on any atom is -0.405 e. The highest BCUT2D eigenvalue weighted by molar-refractivity contribution is 5.63. The summed E-state index contributed by atoms with van der Waals surface area (Å²) in [7, 11) is 3.99. The molecule has 0 saturated heterocycles. The van der Waals surface area contributed by atoms with Gasteiger partial charge in [-0.2, -0.15) is 4.98 Å². The van der Waals surface area contributed by atoms with E-state index < -0.39 is 6.36 Å². The number of rotatable bonds is 7. The molecule has 1 saturated carbocycles. The number of nitrogen functional groups attached to an aromatic ring is 1. The summed E-state index contributed by atoms with van der Waals surface area (Å²) in [5.74, 6) is 1.33. The Labute approximate surface area is 197 Å². The lowest BCUT2D eigenvalue weighted by atomic mass is 9.91. The van der Waals surface area contributed by atoms with Crippen molar-refractivity contribution in [1.82, 2.24) is 15.3 Å². The Kier molecular flexibility index (Phi) is 7.16. The van der Waals surface area contributed by atoms with Gasteiger partial charge in [0.25, 0.3) is 0 Å². The van der Waals surface area contributed by atoms with Crippen LogP contribution in [0.3, 0.4) is 0 Å². The molecule has 0 amide bonds. The second-order valence-electron chi connectivity index (χ2n) is 9.06. The zero-order valence-electron chi connectivity index (χ0n) is 19.5. The fraction of sp³-hybridized carbons (Fsp3) is 0.500. The maximum absolute atomic E-state index is 12.7. The number of anilines is 3. The fourth-order valence-electron chi connectivity index (χ4n) is 4.54. The highest BCUT2D eigenvalue weighted by Crippen LogP contribution is 2.30. The van der Waals surface area contributed by atoms with Crippen molar-refractivity contribution in [3.05, 3.63) is 41.1 Å². The molecule has 7 nitrogen and oxygen atoms in total. The molecule has 1 fully saturated rings. The second-order valence-corrected chi connectivity index (χ2v) is 9.06. The summed E-state index contributed by atoms with van der Waals surface area (Å²) in [4.78, 5) is 11.5. The molecule has 0 atom stereocenters. The summed E-state index contributed by atoms with van der Waals surface area (Å²) in [6, 6.07) is 4.82. The van der Waals surface area contributed by atoms with Gasteiger partial charge in [0.15, 0.2) is 0 Å². The molecule has 0 radical (unpaired) electrons. The molecule has 2 aliphatic rings. The number of hydrogen-bond acceptors (Lipinski definition) is 7. The molecule has 0 unspecified atom stereocenters. The normalized spacial score (nSPS) is 20.0. The number of nitrogens with two attached hydrogens (primary N) is 1. The van der Waals surface area contributed by atoms with E-state index in [1.54, 1.807) is 12.1 Å². The highest BCUT2D eigenvalue weighted by atomic mass is 19.4. The number of fused-ring (bicyclic) bond motifs is 1. The molecule has 2 aromatic rings. The average molecular weight is 477 g/mol. The standard InChI is InChI=1S/C24H31F3N6O/c1-33(2)22-19-5-3-4-6-20(19)31-23(32-22)30-18-11-9-17(10-12-18)29-14-15-7-8-16(28)13-21(15)34-24(25,26)27/h4,6-8,13,17-18,29H,3,5,9-12,14,28H2,1-2H3,(H,30,31,32). The number of hydrogen-bond donors (Lipinski definition) is 3. The van der Waals surface area contributed by atoms with Crippen molar-refractivity contribution in [2.24, 2.45) is 0 Å². The molecule has 2 aliphatic carbocycles. The van der Waals surface area contributed by atoms with Crippen LogP contribution in [0, 0.1) is 0 Å². The van der Waals surface area contributed by atoms with Crippen LogP contribution in [-0.4, -0.2) is 42.5 Å². The highest BCUT2D eigenvalue weighted by Gasteiger charge is 2.32. The van der Waals surface area contributed by atoms with E-state index in [0.29, 0.717) is 11.5 Å². The smallest absolute Gasteiger partial charge is 0.405 e. The van der Waals surface area contributed by atoms with E-state index in [-0.39, 0.29) is 30.1 Å². The number of nitrogens with one attached hydrogen (secondary N) is 2. The summed E-state index contributed by atoms with van der Waals surface area (Å²) in [6.45, 7) is 0.279. The van der Waals surface area contributed by atoms with E-state index in [1.165, 1.54) is 11.6 Å². The van der Waals surface area contributed by atoms with Crippen LogP contribution < -0.4 is 26.0 Å². The number of allylic oxidation sites excluding steroid dienone is 1. The Morgan fingerprint density at radius 1 is 1.12 bits per heavy atom. The molecule has 1 aromatic carbocycles. The fourth-order valence-corrected chi connectivity index (χ4v) is 4.54. The van der Waals surface area contributed by atoms with Crippen LogP contribution in [0.2, 0.25) is 0 Å². The number of nitrogens with zero attached hydrogens (tertiary/aromatic N) is 3. The first-order valence-electron chi connectivity index (χ1n) is 11.6. The number of ether oxygens (including phenoxy) is 1. The lowest BCUT2D eigenvalue weighted by molar-refractivity contribution is -0.274. The summed E-state index contributed by atoms with van der Waals surface area (Å²) < 4.78 is 42.3. The van der Waals surface area contributed by atoms with Gasteiger partial charge in [0.2, 0.25) is 5.95 Å². The Morgan fingerprint density at radius 3 is 2.56 bits per heavy atom. The first kappa shape index (κ1) is 24.1. The third-order valence-electron chi connectivity index (χ3n) is 6.24. The van der Waals surface area contributed by atoms with E-state index in [0.717, 1.165) is 50.0 Å². The van der Waals surface area contributed by atoms with Crippen molar-refractivity contribution in [2.75, 3.05) is 30.0 Å². The van der Waals surface area contributed by atoms with E-state index >= 15 is 0 Å². The maximum Gasteiger partial charge on any atom is 0.573 e. The van der Waals surface area contributed by atoms with Crippen LogP contribution in [0.1, 0.15) is 48.9 Å². The lowest BCUT2D eigenvalue weighted by Gasteiger charge is -2.30. The lowest BCUT2D eigenvalue weighted by Crippen LogP contribution is -2.37. The number of benzene rings is 1. The molecule has 4 N–H and O–H groups in total. The van der Waals surface area contributed by atoms with Crippen molar-refractivity contribution in [1.29, 1.82) is 0 Å². The quantitative estimate of drug-likeness (QED) is 0.507. The van der Waals surface area contributed by atoms with Crippen molar-refractivity contribution >= 4 is 23.5 Å². The molecule has 0 aliphatic heterocycles. The Bertz CT molecular complexity index is 1030. The first-order valence-corrected chi connectivity index (χ1v) is 11.6. The number of alkyl halides is 3. The molecule has 10 heteroatoms. The van der Waals surface area contributed by atoms with Crippen LogP contribution in [-0.2, 0) is 13.0 Å². The Balaban J connectivity index is 1.33. The zero-order valence-corrected chi connectivity index (χ0v) is 19.5. The molecule has 1 heterocycles. The predicted octanol–water partition coefficient (Wildman–Crippen LogP) is 4.50. The van der Waals surface area contributed by atoms with Gasteiger partial charge >= 0.3 is 6.36 Å². The minimum absolute atomic E-state index is 0.207. The number of aromatic nitrogens is 2. The molecular formula is C24H31F3N6O. The zero-order chi connectivity index (χ0) is 24.3. The molecule has 184 valence electrons. The van der Waals surface area contributed by atoms with Crippen molar-refractivity contribution in [3.63, 3.8) is 0 Å². The van der Waals surface area contributed by atoms with Gasteiger partial charge in [-0.25, -0.2) is 4.98 Å². The summed E-state index contributed by atoms with van der Waals surface area (Å²) in [5, 5.41) is 6.86. The van der Waals surface area contributed by atoms with Crippen LogP contribution in [0.5, 0.6) is 5.75 Å². The molecule has 1 aromatic heterocycles. The summed E-state index contributed by atoms with van der Waals surface area (Å²) in [6.07, 6.45) is 5.02. The minimum atomic E-state index is -4.76. The van der Waals surface area contributed by atoms with Gasteiger partial charge in [-0.1, -0.05) is 12.1 Å². The van der Waals surface area contributed by atoms with E-state index in [1.807, 2.05) is 19.0 Å². The van der Waals surface area contributed by atoms with Gasteiger partial charge in [0.05, 0.1) is 5.69 Å². The van der Waals surface area contributed by atoms with Crippen LogP contribution >= 0.6 is 0 Å². The predicted molar refractivity (Wildman–Crippen MR) is 128 cm³/mol. The van der Waals surface area contributed by atoms with E-state index in [4.69, 9.17) is 15.7 Å². The molecule has 34 heavy (non-hydrogen) atoms. The van der Waals surface area contributed by atoms with E-state index in [2.05, 4.69) is 27.5 Å². The largest absolute Gasteiger partial charge is 0.573 e. The van der Waals surface area contributed by atoms with Crippen LogP contribution in [0.15, 0.2) is 24.3 Å². The SMILES string of the molecule is CN(C)c1nc(NC2CCC(NCc3ccc(N)cc3OC(F)(F)F)CC2)nc2c1CCC=C2. The van der Waals surface area contributed by atoms with Gasteiger partial charge in [-0.05, 0) is 50.7 Å². The van der Waals surface area contributed by atoms with Crippen molar-refractivity contribution in [2.45, 2.75) is 63.5 Å². The molecular weight excluding hydrogens is 445 g/mol. The molecule has 0 spiro atoms. The average Bonchev–Trinajstić information content (AvgIpc) is 2.78. The molecule has 0 bridgehead atoms. The maximum atomic E-state index is 12.7. The van der Waals surface area contributed by atoms with Crippen LogP contribution in [0.4, 0.5) is 30.6 Å². The number of halogens is 3. The third-order valence-corrected chi connectivity index (χ3v) is 6.24. The third kappa shape index (κ3) is 6.11. The van der Waals surface area contributed by atoms with Crippen molar-refractivity contribution in [3.8, 4) is 5.75 Å². The topological polar surface area (TPSA) is 88.3 Å². The first-order chi connectivity index (χ1) is 16.2. The van der Waals surface area contributed by atoms with Gasteiger partial charge in [-0.15, -0.1) is 13.2 Å². The summed E-state index contributed by atoms with van der Waals surface area (Å²) >= 11 is 0. The second kappa shape index (κ2) is 10.1. The van der Waals surface area contributed by atoms with Gasteiger partial charge in [0, 0.05) is 55.6 Å². The monoisotopic (exact) mass is 476 g/mol. The van der Waals surface area contributed by atoms with Crippen LogP contribution in [0.25, 0.3) is 6.08 Å². The Morgan fingerprint density at radius 2 is 1.85 bits per heavy atom. The van der Waals surface area contributed by atoms with Gasteiger partial charge < -0.3 is 26.0 Å². The van der Waals surface area contributed by atoms with Gasteiger partial charge in [0.1, 0.15) is 11.6 Å². The Hall–Kier alpha value is -3.01. The van der Waals surface area contributed by atoms with Crippen molar-refractivity contribution < 1.29 is 17.9 Å².